The Kier molecular flexibility index (Phi) is 3.81. The number of rotatable bonds is 2. The molecule has 0 amide bonds. The lowest BCUT2D eigenvalue weighted by molar-refractivity contribution is 0.438. The second-order valence-corrected chi connectivity index (χ2v) is 7.72. The minimum absolute atomic E-state index is 0.679. The summed E-state index contributed by atoms with van der Waals surface area (Å²) in [5.74, 6) is 1.49. The van der Waals surface area contributed by atoms with Crippen molar-refractivity contribution in [1.29, 1.82) is 0 Å². The topological polar surface area (TPSA) is 67.4 Å². The highest BCUT2D eigenvalue weighted by Crippen LogP contribution is 2.31. The van der Waals surface area contributed by atoms with Crippen molar-refractivity contribution in [1.82, 2.24) is 9.97 Å². The molecule has 5 heteroatoms. The molecular formula is C22H23N5. The molecule has 2 aliphatic rings. The van der Waals surface area contributed by atoms with Gasteiger partial charge in [-0.05, 0) is 48.6 Å². The van der Waals surface area contributed by atoms with Crippen LogP contribution in [-0.4, -0.2) is 28.9 Å². The van der Waals surface area contributed by atoms with Crippen molar-refractivity contribution in [2.45, 2.75) is 26.2 Å². The van der Waals surface area contributed by atoms with E-state index in [1.807, 2.05) is 18.3 Å². The van der Waals surface area contributed by atoms with E-state index in [9.17, 15) is 0 Å². The Labute approximate surface area is 159 Å². The zero-order valence-corrected chi connectivity index (χ0v) is 15.5. The van der Waals surface area contributed by atoms with Gasteiger partial charge in [-0.1, -0.05) is 19.1 Å². The third-order valence-electron chi connectivity index (χ3n) is 5.69. The molecule has 5 rings (SSSR count). The molecule has 0 unspecified atom stereocenters. The van der Waals surface area contributed by atoms with Gasteiger partial charge in [-0.3, -0.25) is 4.98 Å². The average Bonchev–Trinajstić information content (AvgIpc) is 3.07. The smallest absolute Gasteiger partial charge is 0.104 e. The van der Waals surface area contributed by atoms with E-state index in [-0.39, 0.29) is 0 Å². The molecule has 0 radical (unpaired) electrons. The highest BCUT2D eigenvalue weighted by Gasteiger charge is 2.17. The number of hydrogen-bond acceptors (Lipinski definition) is 5. The predicted octanol–water partition coefficient (Wildman–Crippen LogP) is 4.08. The molecule has 2 N–H and O–H groups in total. The third-order valence-corrected chi connectivity index (χ3v) is 5.69. The summed E-state index contributed by atoms with van der Waals surface area (Å²) in [4.78, 5) is 16.4. The average molecular weight is 357 g/mol. The Morgan fingerprint density at radius 1 is 1.04 bits per heavy atom. The molecule has 1 saturated heterocycles. The molecule has 2 aliphatic heterocycles. The van der Waals surface area contributed by atoms with Crippen LogP contribution in [0.2, 0.25) is 0 Å². The highest BCUT2D eigenvalue weighted by atomic mass is 15.1. The standard InChI is InChI=1S/C22H23N5/c1-14-6-8-27(9-7-14)17-12-21-19(24-13-17)5-4-18(25-21)15-2-3-16-11-22(23)26-20(16)10-15/h2-5,10,12-14H,6-9,11H2,1H3,(H2,23,26). The molecule has 4 heterocycles. The number of amidine groups is 1. The zero-order chi connectivity index (χ0) is 18.4. The van der Waals surface area contributed by atoms with Crippen molar-refractivity contribution < 1.29 is 0 Å². The Morgan fingerprint density at radius 2 is 1.89 bits per heavy atom. The van der Waals surface area contributed by atoms with E-state index in [2.05, 4.69) is 46.1 Å². The van der Waals surface area contributed by atoms with Crippen LogP contribution >= 0.6 is 0 Å². The number of nitrogens with zero attached hydrogens (tertiary/aromatic N) is 4. The SMILES string of the molecule is CC1CCN(c2cnc3ccc(-c4ccc5c(c4)N=C(N)C5)nc3c2)CC1. The highest BCUT2D eigenvalue weighted by molar-refractivity contribution is 5.92. The van der Waals surface area contributed by atoms with Gasteiger partial charge in [0.2, 0.25) is 0 Å². The molecular weight excluding hydrogens is 334 g/mol. The van der Waals surface area contributed by atoms with Gasteiger partial charge in [0.1, 0.15) is 5.84 Å². The molecule has 5 nitrogen and oxygen atoms in total. The second kappa shape index (κ2) is 6.34. The normalized spacial score (nSPS) is 17.2. The molecule has 2 aromatic heterocycles. The predicted molar refractivity (Wildman–Crippen MR) is 111 cm³/mol. The van der Waals surface area contributed by atoms with Crippen LogP contribution in [0.15, 0.2) is 47.6 Å². The quantitative estimate of drug-likeness (QED) is 0.750. The van der Waals surface area contributed by atoms with Crippen LogP contribution in [0, 0.1) is 5.92 Å². The summed E-state index contributed by atoms with van der Waals surface area (Å²) in [5, 5.41) is 0. The Balaban J connectivity index is 1.50. The first-order valence-corrected chi connectivity index (χ1v) is 9.64. The maximum atomic E-state index is 5.87. The van der Waals surface area contributed by atoms with Gasteiger partial charge < -0.3 is 10.6 Å². The van der Waals surface area contributed by atoms with Crippen LogP contribution < -0.4 is 10.6 Å². The molecule has 3 aromatic rings. The molecule has 0 aliphatic carbocycles. The van der Waals surface area contributed by atoms with Gasteiger partial charge in [0.25, 0.3) is 0 Å². The third kappa shape index (κ3) is 3.03. The van der Waals surface area contributed by atoms with E-state index >= 15 is 0 Å². The summed E-state index contributed by atoms with van der Waals surface area (Å²) in [7, 11) is 0. The second-order valence-electron chi connectivity index (χ2n) is 7.72. The summed E-state index contributed by atoms with van der Waals surface area (Å²) in [6.45, 7) is 4.52. The van der Waals surface area contributed by atoms with Crippen LogP contribution in [0.1, 0.15) is 25.3 Å². The monoisotopic (exact) mass is 357 g/mol. The van der Waals surface area contributed by atoms with Gasteiger partial charge in [-0.2, -0.15) is 0 Å². The Bertz CT molecular complexity index is 1050. The Morgan fingerprint density at radius 3 is 2.74 bits per heavy atom. The van der Waals surface area contributed by atoms with Gasteiger partial charge in [0.05, 0.1) is 34.3 Å². The summed E-state index contributed by atoms with van der Waals surface area (Å²) in [5.41, 5.74) is 13.0. The molecule has 0 bridgehead atoms. The lowest BCUT2D eigenvalue weighted by atomic mass is 9.99. The number of piperidine rings is 1. The molecule has 0 atom stereocenters. The number of aliphatic imine (C=N–C) groups is 1. The molecule has 0 saturated carbocycles. The maximum Gasteiger partial charge on any atom is 0.104 e. The fourth-order valence-electron chi connectivity index (χ4n) is 3.96. The number of fused-ring (bicyclic) bond motifs is 2. The number of benzene rings is 1. The number of hydrogen-bond donors (Lipinski definition) is 1. The molecule has 1 aromatic carbocycles. The maximum absolute atomic E-state index is 5.87. The molecule has 27 heavy (non-hydrogen) atoms. The zero-order valence-electron chi connectivity index (χ0n) is 15.5. The van der Waals surface area contributed by atoms with Crippen LogP contribution in [0.25, 0.3) is 22.3 Å². The lowest BCUT2D eigenvalue weighted by Gasteiger charge is -2.31. The number of aromatic nitrogens is 2. The number of anilines is 1. The molecule has 136 valence electrons. The summed E-state index contributed by atoms with van der Waals surface area (Å²) in [6, 6.07) is 12.5. The van der Waals surface area contributed by atoms with Gasteiger partial charge in [0, 0.05) is 25.1 Å². The van der Waals surface area contributed by atoms with E-state index in [0.29, 0.717) is 5.84 Å². The first kappa shape index (κ1) is 16.2. The van der Waals surface area contributed by atoms with Gasteiger partial charge >= 0.3 is 0 Å². The van der Waals surface area contributed by atoms with E-state index in [1.165, 1.54) is 24.1 Å². The summed E-state index contributed by atoms with van der Waals surface area (Å²) < 4.78 is 0. The van der Waals surface area contributed by atoms with Crippen molar-refractivity contribution >= 4 is 28.2 Å². The first-order valence-electron chi connectivity index (χ1n) is 9.64. The summed E-state index contributed by atoms with van der Waals surface area (Å²) >= 11 is 0. The van der Waals surface area contributed by atoms with Gasteiger partial charge in [-0.25, -0.2) is 9.98 Å². The molecule has 0 spiro atoms. The van der Waals surface area contributed by atoms with Crippen molar-refractivity contribution in [2.75, 3.05) is 18.0 Å². The van der Waals surface area contributed by atoms with E-state index < -0.39 is 0 Å². The first-order chi connectivity index (χ1) is 13.2. The van der Waals surface area contributed by atoms with E-state index in [0.717, 1.165) is 53.4 Å². The fourth-order valence-corrected chi connectivity index (χ4v) is 3.96. The van der Waals surface area contributed by atoms with Crippen LogP contribution in [0.5, 0.6) is 0 Å². The van der Waals surface area contributed by atoms with Crippen molar-refractivity contribution in [3.63, 3.8) is 0 Å². The van der Waals surface area contributed by atoms with E-state index in [1.54, 1.807) is 0 Å². The van der Waals surface area contributed by atoms with Crippen LogP contribution in [-0.2, 0) is 6.42 Å². The minimum atomic E-state index is 0.679. The van der Waals surface area contributed by atoms with Crippen molar-refractivity contribution in [3.05, 3.63) is 48.2 Å². The molecule has 1 fully saturated rings. The minimum Gasteiger partial charge on any atom is -0.387 e. The van der Waals surface area contributed by atoms with Gasteiger partial charge in [0.15, 0.2) is 0 Å². The largest absolute Gasteiger partial charge is 0.387 e. The number of nitrogens with two attached hydrogens (primary N) is 1. The Hall–Kier alpha value is -2.95. The van der Waals surface area contributed by atoms with Crippen molar-refractivity contribution in [2.24, 2.45) is 16.6 Å². The van der Waals surface area contributed by atoms with Gasteiger partial charge in [-0.15, -0.1) is 0 Å². The van der Waals surface area contributed by atoms with Crippen LogP contribution in [0.3, 0.4) is 0 Å². The lowest BCUT2D eigenvalue weighted by Crippen LogP contribution is -2.32. The number of pyridine rings is 2. The summed E-state index contributed by atoms with van der Waals surface area (Å²) in [6.07, 6.45) is 5.20. The van der Waals surface area contributed by atoms with E-state index in [4.69, 9.17) is 10.7 Å². The fraction of sp³-hybridized carbons (Fsp3) is 0.318. The van der Waals surface area contributed by atoms with Crippen molar-refractivity contribution in [3.8, 4) is 11.3 Å². The van der Waals surface area contributed by atoms with Crippen LogP contribution in [0.4, 0.5) is 11.4 Å².